The van der Waals surface area contributed by atoms with Crippen LogP contribution in [0.5, 0.6) is 0 Å². The number of pyridine rings is 1. The standard InChI is InChI=1S/C16H12N2O5/c19-15(20)13-12(11-7-4-8-17-14(11)23-13)18-16(21)22-9-10-5-2-1-3-6-10/h1-8H,9H2,(H,18,21)(H,19,20). The van der Waals surface area contributed by atoms with Crippen molar-refractivity contribution in [2.75, 3.05) is 5.32 Å². The SMILES string of the molecule is O=C(Nc1c(C(=O)O)oc2ncccc12)OCc1ccccc1. The van der Waals surface area contributed by atoms with Gasteiger partial charge in [0.25, 0.3) is 0 Å². The highest BCUT2D eigenvalue weighted by atomic mass is 16.5. The van der Waals surface area contributed by atoms with Crippen molar-refractivity contribution in [3.63, 3.8) is 0 Å². The summed E-state index contributed by atoms with van der Waals surface area (Å²) >= 11 is 0. The maximum absolute atomic E-state index is 11.9. The number of aromatic carboxylic acids is 1. The third kappa shape index (κ3) is 3.13. The van der Waals surface area contributed by atoms with Gasteiger partial charge in [0.1, 0.15) is 12.3 Å². The zero-order valence-electron chi connectivity index (χ0n) is 11.9. The number of hydrogen-bond donors (Lipinski definition) is 2. The third-order valence-electron chi connectivity index (χ3n) is 3.10. The zero-order valence-corrected chi connectivity index (χ0v) is 11.9. The van der Waals surface area contributed by atoms with Crippen LogP contribution >= 0.6 is 0 Å². The molecule has 1 aromatic carbocycles. The van der Waals surface area contributed by atoms with Gasteiger partial charge in [0.15, 0.2) is 0 Å². The molecule has 0 atom stereocenters. The molecule has 2 N–H and O–H groups in total. The quantitative estimate of drug-likeness (QED) is 0.766. The fourth-order valence-electron chi connectivity index (χ4n) is 2.07. The number of fused-ring (bicyclic) bond motifs is 1. The molecule has 116 valence electrons. The Labute approximate surface area is 130 Å². The van der Waals surface area contributed by atoms with E-state index in [1.54, 1.807) is 12.1 Å². The molecule has 0 unspecified atom stereocenters. The van der Waals surface area contributed by atoms with Crippen molar-refractivity contribution in [2.24, 2.45) is 0 Å². The van der Waals surface area contributed by atoms with E-state index in [1.807, 2.05) is 30.3 Å². The lowest BCUT2D eigenvalue weighted by molar-refractivity contribution is 0.0666. The first-order valence-corrected chi connectivity index (χ1v) is 6.73. The molecule has 0 saturated carbocycles. The van der Waals surface area contributed by atoms with Gasteiger partial charge in [-0.05, 0) is 17.7 Å². The van der Waals surface area contributed by atoms with Gasteiger partial charge in [-0.3, -0.25) is 5.32 Å². The molecule has 0 fully saturated rings. The van der Waals surface area contributed by atoms with Crippen molar-refractivity contribution < 1.29 is 23.8 Å². The van der Waals surface area contributed by atoms with Gasteiger partial charge >= 0.3 is 12.1 Å². The molecule has 0 bridgehead atoms. The van der Waals surface area contributed by atoms with Gasteiger partial charge < -0.3 is 14.3 Å². The van der Waals surface area contributed by atoms with Gasteiger partial charge in [0.05, 0.1) is 5.39 Å². The number of amides is 1. The third-order valence-corrected chi connectivity index (χ3v) is 3.10. The Balaban J connectivity index is 1.79. The molecular weight excluding hydrogens is 300 g/mol. The Bertz CT molecular complexity index is 857. The normalized spacial score (nSPS) is 10.4. The van der Waals surface area contributed by atoms with Crippen molar-refractivity contribution in [2.45, 2.75) is 6.61 Å². The summed E-state index contributed by atoms with van der Waals surface area (Å²) in [6.07, 6.45) is 0.692. The minimum atomic E-state index is -1.30. The summed E-state index contributed by atoms with van der Waals surface area (Å²) in [5.74, 6) is -1.70. The number of anilines is 1. The van der Waals surface area contributed by atoms with Crippen molar-refractivity contribution in [1.29, 1.82) is 0 Å². The van der Waals surface area contributed by atoms with Crippen LogP contribution in [0, 0.1) is 0 Å². The number of furan rings is 1. The molecule has 3 rings (SSSR count). The van der Waals surface area contributed by atoms with E-state index in [4.69, 9.17) is 9.15 Å². The predicted molar refractivity (Wildman–Crippen MR) is 81.2 cm³/mol. The number of carboxylic acids is 1. The molecule has 7 heteroatoms. The highest BCUT2D eigenvalue weighted by molar-refractivity contribution is 6.07. The molecule has 1 amide bonds. The fraction of sp³-hybridized carbons (Fsp3) is 0.0625. The predicted octanol–water partition coefficient (Wildman–Crippen LogP) is 3.27. The highest BCUT2D eigenvalue weighted by Crippen LogP contribution is 2.29. The van der Waals surface area contributed by atoms with E-state index in [2.05, 4.69) is 10.3 Å². The molecule has 0 saturated heterocycles. The Morgan fingerprint density at radius 3 is 2.70 bits per heavy atom. The number of ether oxygens (including phenoxy) is 1. The summed E-state index contributed by atoms with van der Waals surface area (Å²) in [5, 5.41) is 12.0. The number of benzene rings is 1. The van der Waals surface area contributed by atoms with Crippen LogP contribution in [-0.2, 0) is 11.3 Å². The van der Waals surface area contributed by atoms with Crippen LogP contribution in [0.1, 0.15) is 16.1 Å². The number of rotatable bonds is 4. The monoisotopic (exact) mass is 312 g/mol. The second kappa shape index (κ2) is 6.18. The van der Waals surface area contributed by atoms with E-state index in [0.717, 1.165) is 5.56 Å². The first-order chi connectivity index (χ1) is 11.1. The molecule has 3 aromatic rings. The molecule has 0 spiro atoms. The lowest BCUT2D eigenvalue weighted by atomic mass is 10.2. The number of carbonyl (C=O) groups is 2. The van der Waals surface area contributed by atoms with E-state index in [0.29, 0.717) is 5.39 Å². The molecule has 0 aliphatic carbocycles. The molecule has 0 radical (unpaired) electrons. The van der Waals surface area contributed by atoms with Gasteiger partial charge in [-0.1, -0.05) is 30.3 Å². The average Bonchev–Trinajstić information content (AvgIpc) is 2.93. The summed E-state index contributed by atoms with van der Waals surface area (Å²) in [6.45, 7) is 0.0725. The highest BCUT2D eigenvalue weighted by Gasteiger charge is 2.22. The van der Waals surface area contributed by atoms with Crippen molar-refractivity contribution >= 4 is 28.8 Å². The Hall–Kier alpha value is -3.35. The van der Waals surface area contributed by atoms with Crippen LogP contribution in [0.15, 0.2) is 53.1 Å². The van der Waals surface area contributed by atoms with Crippen molar-refractivity contribution in [3.8, 4) is 0 Å². The smallest absolute Gasteiger partial charge is 0.412 e. The second-order valence-corrected chi connectivity index (χ2v) is 4.65. The van der Waals surface area contributed by atoms with Crippen LogP contribution in [0.2, 0.25) is 0 Å². The number of aromatic nitrogens is 1. The van der Waals surface area contributed by atoms with Gasteiger partial charge in [0.2, 0.25) is 11.5 Å². The Morgan fingerprint density at radius 2 is 1.96 bits per heavy atom. The van der Waals surface area contributed by atoms with Crippen LogP contribution in [0.25, 0.3) is 11.1 Å². The van der Waals surface area contributed by atoms with Crippen molar-refractivity contribution in [1.82, 2.24) is 4.98 Å². The van der Waals surface area contributed by atoms with E-state index in [9.17, 15) is 14.7 Å². The average molecular weight is 312 g/mol. The second-order valence-electron chi connectivity index (χ2n) is 4.65. The largest absolute Gasteiger partial charge is 0.475 e. The number of carbonyl (C=O) groups excluding carboxylic acids is 1. The topological polar surface area (TPSA) is 102 Å². The molecule has 23 heavy (non-hydrogen) atoms. The van der Waals surface area contributed by atoms with E-state index >= 15 is 0 Å². The van der Waals surface area contributed by atoms with Crippen molar-refractivity contribution in [3.05, 3.63) is 60.0 Å². The molecule has 0 aliphatic rings. The van der Waals surface area contributed by atoms with Crippen LogP contribution < -0.4 is 5.32 Å². The lowest BCUT2D eigenvalue weighted by Gasteiger charge is -2.06. The maximum atomic E-state index is 11.9. The molecular formula is C16H12N2O5. The minimum Gasteiger partial charge on any atom is -0.475 e. The van der Waals surface area contributed by atoms with E-state index in [1.165, 1.54) is 6.20 Å². The molecule has 2 heterocycles. The van der Waals surface area contributed by atoms with Crippen LogP contribution in [-0.4, -0.2) is 22.2 Å². The number of nitrogens with one attached hydrogen (secondary N) is 1. The summed E-state index contributed by atoms with van der Waals surface area (Å²) in [5.41, 5.74) is 0.974. The first kappa shape index (κ1) is 14.6. The summed E-state index contributed by atoms with van der Waals surface area (Å²) in [7, 11) is 0. The Morgan fingerprint density at radius 1 is 1.17 bits per heavy atom. The van der Waals surface area contributed by atoms with E-state index < -0.39 is 17.8 Å². The zero-order chi connectivity index (χ0) is 16.2. The summed E-state index contributed by atoms with van der Waals surface area (Å²) in [6, 6.07) is 12.4. The summed E-state index contributed by atoms with van der Waals surface area (Å²) < 4.78 is 10.2. The molecule has 2 aromatic heterocycles. The maximum Gasteiger partial charge on any atom is 0.412 e. The van der Waals surface area contributed by atoms with Gasteiger partial charge in [-0.25, -0.2) is 14.6 Å². The van der Waals surface area contributed by atoms with Gasteiger partial charge in [-0.15, -0.1) is 0 Å². The minimum absolute atomic E-state index is 0.0265. The first-order valence-electron chi connectivity index (χ1n) is 6.73. The molecule has 0 aliphatic heterocycles. The summed E-state index contributed by atoms with van der Waals surface area (Å²) in [4.78, 5) is 27.1. The van der Waals surface area contributed by atoms with Crippen LogP contribution in [0.3, 0.4) is 0 Å². The van der Waals surface area contributed by atoms with E-state index in [-0.39, 0.29) is 18.0 Å². The van der Waals surface area contributed by atoms with Gasteiger partial charge in [0, 0.05) is 6.20 Å². The lowest BCUT2D eigenvalue weighted by Crippen LogP contribution is -2.15. The fourth-order valence-corrected chi connectivity index (χ4v) is 2.07. The van der Waals surface area contributed by atoms with Crippen LogP contribution in [0.4, 0.5) is 10.5 Å². The Kier molecular flexibility index (Phi) is 3.92. The van der Waals surface area contributed by atoms with Gasteiger partial charge in [-0.2, -0.15) is 0 Å². The molecule has 7 nitrogen and oxygen atoms in total. The number of hydrogen-bond acceptors (Lipinski definition) is 5. The number of carboxylic acid groups (broad SMARTS) is 1. The number of nitrogens with zero attached hydrogens (tertiary/aromatic N) is 1.